The van der Waals surface area contributed by atoms with Crippen LogP contribution in [-0.4, -0.2) is 43.7 Å². The molecule has 0 unspecified atom stereocenters. The molecule has 1 aliphatic rings. The number of likely N-dealkylation sites (tertiary alicyclic amines) is 1. The van der Waals surface area contributed by atoms with Crippen molar-refractivity contribution in [3.8, 4) is 11.5 Å². The number of nitrogens with zero attached hydrogens (tertiary/aromatic N) is 1. The monoisotopic (exact) mass is 334 g/mol. The van der Waals surface area contributed by atoms with E-state index in [-0.39, 0.29) is 18.0 Å². The van der Waals surface area contributed by atoms with Crippen LogP contribution < -0.4 is 14.8 Å². The van der Waals surface area contributed by atoms with Crippen molar-refractivity contribution >= 4 is 5.91 Å². The van der Waals surface area contributed by atoms with Gasteiger partial charge in [-0.15, -0.1) is 0 Å². The van der Waals surface area contributed by atoms with Crippen LogP contribution in [0, 0.1) is 0 Å². The van der Waals surface area contributed by atoms with E-state index in [1.807, 2.05) is 23.1 Å². The van der Waals surface area contributed by atoms with Crippen molar-refractivity contribution in [2.24, 2.45) is 0 Å². The van der Waals surface area contributed by atoms with Crippen molar-refractivity contribution in [2.45, 2.75) is 58.2 Å². The van der Waals surface area contributed by atoms with Gasteiger partial charge in [0, 0.05) is 12.6 Å². The molecule has 24 heavy (non-hydrogen) atoms. The molecule has 0 spiro atoms. The molecule has 2 rings (SSSR count). The van der Waals surface area contributed by atoms with Crippen LogP contribution in [0.15, 0.2) is 18.2 Å². The smallest absolute Gasteiger partial charge is 0.240 e. The minimum Gasteiger partial charge on any atom is -0.493 e. The van der Waals surface area contributed by atoms with Crippen molar-refractivity contribution in [2.75, 3.05) is 20.8 Å². The summed E-state index contributed by atoms with van der Waals surface area (Å²) in [4.78, 5) is 15.0. The summed E-state index contributed by atoms with van der Waals surface area (Å²) < 4.78 is 10.7. The van der Waals surface area contributed by atoms with Gasteiger partial charge in [-0.3, -0.25) is 4.79 Å². The fourth-order valence-electron chi connectivity index (χ4n) is 3.40. The second-order valence-electron chi connectivity index (χ2n) is 6.59. The lowest BCUT2D eigenvalue weighted by Crippen LogP contribution is -2.48. The van der Waals surface area contributed by atoms with Crippen LogP contribution in [0.5, 0.6) is 11.5 Å². The number of ether oxygens (including phenoxy) is 2. The summed E-state index contributed by atoms with van der Waals surface area (Å²) in [6.45, 7) is 7.02. The molecule has 0 saturated carbocycles. The number of carbonyl (C=O) groups excluding carboxylic acids is 1. The van der Waals surface area contributed by atoms with Gasteiger partial charge in [0.25, 0.3) is 0 Å². The molecule has 5 heteroatoms. The van der Waals surface area contributed by atoms with Crippen molar-refractivity contribution in [1.82, 2.24) is 10.2 Å². The Morgan fingerprint density at radius 3 is 2.58 bits per heavy atom. The number of amides is 1. The highest BCUT2D eigenvalue weighted by atomic mass is 16.5. The highest BCUT2D eigenvalue weighted by Gasteiger charge is 2.33. The third-order valence-corrected chi connectivity index (χ3v) is 4.57. The van der Waals surface area contributed by atoms with Crippen LogP contribution in [0.25, 0.3) is 0 Å². The van der Waals surface area contributed by atoms with Gasteiger partial charge in [-0.1, -0.05) is 26.8 Å². The lowest BCUT2D eigenvalue weighted by Gasteiger charge is -2.30. The summed E-state index contributed by atoms with van der Waals surface area (Å²) in [6, 6.07) is 6.23. The fraction of sp³-hybridized carbons (Fsp3) is 0.632. The van der Waals surface area contributed by atoms with Crippen LogP contribution in [0.3, 0.4) is 0 Å². The third-order valence-electron chi connectivity index (χ3n) is 4.57. The molecule has 0 radical (unpaired) electrons. The van der Waals surface area contributed by atoms with E-state index in [0.29, 0.717) is 17.5 Å². The van der Waals surface area contributed by atoms with Crippen molar-refractivity contribution < 1.29 is 14.3 Å². The standard InChI is InChI=1S/C19H30N2O3/c1-6-15(20-13(2)3)19(22)21-11-7-8-16(21)14-9-10-17(23-4)18(12-14)24-5/h9-10,12-13,15-16,20H,6-8,11H2,1-5H3/t15-,16-/m1/s1. The quantitative estimate of drug-likeness (QED) is 0.832. The molecule has 1 amide bonds. The average molecular weight is 334 g/mol. The van der Waals surface area contributed by atoms with Crippen molar-refractivity contribution in [1.29, 1.82) is 0 Å². The molecular weight excluding hydrogens is 304 g/mol. The lowest BCUT2D eigenvalue weighted by molar-refractivity contribution is -0.134. The van der Waals surface area contributed by atoms with Crippen LogP contribution in [-0.2, 0) is 4.79 Å². The molecule has 134 valence electrons. The van der Waals surface area contributed by atoms with Crippen LogP contribution >= 0.6 is 0 Å². The van der Waals surface area contributed by atoms with E-state index >= 15 is 0 Å². The zero-order valence-corrected chi connectivity index (χ0v) is 15.5. The summed E-state index contributed by atoms with van der Waals surface area (Å²) in [5, 5.41) is 3.38. The Bertz CT molecular complexity index is 560. The predicted octanol–water partition coefficient (Wildman–Crippen LogP) is 3.14. The van der Waals surface area contributed by atoms with Gasteiger partial charge in [0.2, 0.25) is 5.91 Å². The van der Waals surface area contributed by atoms with Crippen molar-refractivity contribution in [3.63, 3.8) is 0 Å². The summed E-state index contributed by atoms with van der Waals surface area (Å²) in [5.41, 5.74) is 1.11. The first-order chi connectivity index (χ1) is 11.5. The number of methoxy groups -OCH3 is 2. The van der Waals surface area contributed by atoms with E-state index in [1.54, 1.807) is 14.2 Å². The Kier molecular flexibility index (Phi) is 6.49. The van der Waals surface area contributed by atoms with E-state index in [4.69, 9.17) is 9.47 Å². The maximum atomic E-state index is 13.0. The van der Waals surface area contributed by atoms with Gasteiger partial charge in [-0.25, -0.2) is 0 Å². The van der Waals surface area contributed by atoms with Gasteiger partial charge in [0.15, 0.2) is 11.5 Å². The van der Waals surface area contributed by atoms with Crippen LogP contribution in [0.4, 0.5) is 0 Å². The number of rotatable bonds is 7. The molecule has 1 saturated heterocycles. The van der Waals surface area contributed by atoms with Gasteiger partial charge in [-0.05, 0) is 37.0 Å². The van der Waals surface area contributed by atoms with Gasteiger partial charge in [0.05, 0.1) is 26.3 Å². The van der Waals surface area contributed by atoms with E-state index in [1.165, 1.54) is 0 Å². The zero-order valence-electron chi connectivity index (χ0n) is 15.5. The number of benzene rings is 1. The molecule has 1 aromatic rings. The van der Waals surface area contributed by atoms with Crippen LogP contribution in [0.2, 0.25) is 0 Å². The first kappa shape index (κ1) is 18.6. The Hall–Kier alpha value is -1.75. The largest absolute Gasteiger partial charge is 0.493 e. The molecule has 0 bridgehead atoms. The van der Waals surface area contributed by atoms with Gasteiger partial charge < -0.3 is 19.7 Å². The Morgan fingerprint density at radius 2 is 2.00 bits per heavy atom. The second kappa shape index (κ2) is 8.38. The SMILES string of the molecule is CC[C@@H](NC(C)C)C(=O)N1CCC[C@@H]1c1ccc(OC)c(OC)c1. The molecule has 1 heterocycles. The molecular formula is C19H30N2O3. The normalized spacial score (nSPS) is 18.8. The third kappa shape index (κ3) is 4.01. The Labute approximate surface area is 145 Å². The molecule has 2 atom stereocenters. The summed E-state index contributed by atoms with van der Waals surface area (Å²) in [6.07, 6.45) is 2.81. The fourth-order valence-corrected chi connectivity index (χ4v) is 3.40. The average Bonchev–Trinajstić information content (AvgIpc) is 3.07. The molecule has 1 N–H and O–H groups in total. The first-order valence-corrected chi connectivity index (χ1v) is 8.80. The summed E-state index contributed by atoms with van der Waals surface area (Å²) >= 11 is 0. The predicted molar refractivity (Wildman–Crippen MR) is 95.6 cm³/mol. The van der Waals surface area contributed by atoms with Gasteiger partial charge in [-0.2, -0.15) is 0 Å². The maximum Gasteiger partial charge on any atom is 0.240 e. The summed E-state index contributed by atoms with van der Waals surface area (Å²) in [5.74, 6) is 1.62. The lowest BCUT2D eigenvalue weighted by atomic mass is 10.0. The molecule has 1 fully saturated rings. The molecule has 0 aliphatic carbocycles. The number of hydrogen-bond acceptors (Lipinski definition) is 4. The van der Waals surface area contributed by atoms with Gasteiger partial charge >= 0.3 is 0 Å². The molecule has 1 aromatic carbocycles. The first-order valence-electron chi connectivity index (χ1n) is 8.80. The van der Waals surface area contributed by atoms with E-state index in [9.17, 15) is 4.79 Å². The second-order valence-corrected chi connectivity index (χ2v) is 6.59. The molecule has 0 aromatic heterocycles. The topological polar surface area (TPSA) is 50.8 Å². The number of carbonyl (C=O) groups is 1. The molecule has 5 nitrogen and oxygen atoms in total. The Balaban J connectivity index is 2.22. The van der Waals surface area contributed by atoms with E-state index in [2.05, 4.69) is 26.1 Å². The Morgan fingerprint density at radius 1 is 1.29 bits per heavy atom. The number of hydrogen-bond donors (Lipinski definition) is 1. The van der Waals surface area contributed by atoms with E-state index < -0.39 is 0 Å². The van der Waals surface area contributed by atoms with Crippen LogP contribution in [0.1, 0.15) is 51.6 Å². The maximum absolute atomic E-state index is 13.0. The van der Waals surface area contributed by atoms with Gasteiger partial charge in [0.1, 0.15) is 0 Å². The highest BCUT2D eigenvalue weighted by Crippen LogP contribution is 2.37. The minimum absolute atomic E-state index is 0.111. The summed E-state index contributed by atoms with van der Waals surface area (Å²) in [7, 11) is 3.27. The molecule has 1 aliphatic heterocycles. The number of nitrogens with one attached hydrogen (secondary N) is 1. The zero-order chi connectivity index (χ0) is 17.7. The van der Waals surface area contributed by atoms with E-state index in [0.717, 1.165) is 31.4 Å². The minimum atomic E-state index is -0.120. The highest BCUT2D eigenvalue weighted by molar-refractivity contribution is 5.82. The van der Waals surface area contributed by atoms with Crippen molar-refractivity contribution in [3.05, 3.63) is 23.8 Å².